The lowest BCUT2D eigenvalue weighted by molar-refractivity contribution is 0.164. The van der Waals surface area contributed by atoms with Crippen molar-refractivity contribution in [3.63, 3.8) is 0 Å². The van der Waals surface area contributed by atoms with E-state index in [9.17, 15) is 5.11 Å². The first-order valence-corrected chi connectivity index (χ1v) is 4.70. The Kier molecular flexibility index (Phi) is 3.63. The largest absolute Gasteiger partial charge is 0.392 e. The van der Waals surface area contributed by atoms with E-state index in [2.05, 4.69) is 0 Å². The lowest BCUT2D eigenvalue weighted by atomic mass is 9.96. The predicted molar refractivity (Wildman–Crippen MR) is 55.7 cm³/mol. The van der Waals surface area contributed by atoms with Crippen molar-refractivity contribution < 1.29 is 10.2 Å². The molecule has 1 rings (SSSR count). The normalized spacial score (nSPS) is 15.2. The Morgan fingerprint density at radius 1 is 1.43 bits per heavy atom. The summed E-state index contributed by atoms with van der Waals surface area (Å²) in [7, 11) is 0. The summed E-state index contributed by atoms with van der Waals surface area (Å²) >= 11 is 0. The van der Waals surface area contributed by atoms with Gasteiger partial charge in [-0.25, -0.2) is 0 Å². The molecule has 14 heavy (non-hydrogen) atoms. The van der Waals surface area contributed by atoms with Crippen molar-refractivity contribution in [2.24, 2.45) is 5.73 Å². The zero-order valence-corrected chi connectivity index (χ0v) is 8.57. The Morgan fingerprint density at radius 3 is 2.57 bits per heavy atom. The van der Waals surface area contributed by atoms with Gasteiger partial charge in [-0.2, -0.15) is 0 Å². The summed E-state index contributed by atoms with van der Waals surface area (Å²) in [6.45, 7) is 3.61. The van der Waals surface area contributed by atoms with Crippen LogP contribution in [0.1, 0.15) is 29.7 Å². The Balaban J connectivity index is 3.05. The van der Waals surface area contributed by atoms with E-state index in [-0.39, 0.29) is 12.6 Å². The van der Waals surface area contributed by atoms with Crippen molar-refractivity contribution in [3.05, 3.63) is 34.9 Å². The molecule has 0 heterocycles. The zero-order valence-electron chi connectivity index (χ0n) is 8.57. The Bertz CT molecular complexity index is 310. The van der Waals surface area contributed by atoms with Crippen LogP contribution in [0.15, 0.2) is 18.2 Å². The first-order valence-electron chi connectivity index (χ1n) is 4.70. The fourth-order valence-electron chi connectivity index (χ4n) is 1.41. The van der Waals surface area contributed by atoms with Gasteiger partial charge >= 0.3 is 0 Å². The SMILES string of the molecule is Cc1ccc(CO)cc1[C@H](N)C(C)O. The lowest BCUT2D eigenvalue weighted by Gasteiger charge is -2.18. The number of rotatable bonds is 3. The van der Waals surface area contributed by atoms with Crippen LogP contribution in [0.25, 0.3) is 0 Å². The molecule has 0 aliphatic carbocycles. The molecule has 3 nitrogen and oxygen atoms in total. The molecule has 0 aromatic heterocycles. The highest BCUT2D eigenvalue weighted by atomic mass is 16.3. The zero-order chi connectivity index (χ0) is 10.7. The summed E-state index contributed by atoms with van der Waals surface area (Å²) in [5.41, 5.74) is 8.58. The van der Waals surface area contributed by atoms with Crippen molar-refractivity contribution in [2.45, 2.75) is 32.6 Å². The van der Waals surface area contributed by atoms with Crippen LogP contribution in [-0.2, 0) is 6.61 Å². The third-order valence-electron chi connectivity index (χ3n) is 2.41. The number of benzene rings is 1. The van der Waals surface area contributed by atoms with Crippen molar-refractivity contribution in [1.29, 1.82) is 0 Å². The molecule has 0 saturated heterocycles. The summed E-state index contributed by atoms with van der Waals surface area (Å²) in [4.78, 5) is 0. The third-order valence-corrected chi connectivity index (χ3v) is 2.41. The van der Waals surface area contributed by atoms with Gasteiger partial charge < -0.3 is 15.9 Å². The topological polar surface area (TPSA) is 66.5 Å². The second-order valence-corrected chi connectivity index (χ2v) is 3.62. The van der Waals surface area contributed by atoms with Crippen molar-refractivity contribution >= 4 is 0 Å². The van der Waals surface area contributed by atoms with Crippen molar-refractivity contribution in [2.75, 3.05) is 0 Å². The van der Waals surface area contributed by atoms with Crippen LogP contribution in [0, 0.1) is 6.92 Å². The van der Waals surface area contributed by atoms with Crippen molar-refractivity contribution in [3.8, 4) is 0 Å². The van der Waals surface area contributed by atoms with Crippen LogP contribution in [0.3, 0.4) is 0 Å². The number of aliphatic hydroxyl groups excluding tert-OH is 2. The van der Waals surface area contributed by atoms with Gasteiger partial charge in [-0.3, -0.25) is 0 Å². The van der Waals surface area contributed by atoms with Crippen molar-refractivity contribution in [1.82, 2.24) is 0 Å². The second-order valence-electron chi connectivity index (χ2n) is 3.62. The number of hydrogen-bond donors (Lipinski definition) is 3. The minimum absolute atomic E-state index is 0.000189. The molecule has 1 unspecified atom stereocenters. The average Bonchev–Trinajstić information content (AvgIpc) is 2.17. The molecular weight excluding hydrogens is 178 g/mol. The van der Waals surface area contributed by atoms with Crippen LogP contribution in [0.5, 0.6) is 0 Å². The van der Waals surface area contributed by atoms with E-state index in [4.69, 9.17) is 10.8 Å². The third kappa shape index (κ3) is 2.32. The molecule has 0 aliphatic rings. The Morgan fingerprint density at radius 2 is 2.07 bits per heavy atom. The molecule has 2 atom stereocenters. The Hall–Kier alpha value is -0.900. The molecule has 78 valence electrons. The fourth-order valence-corrected chi connectivity index (χ4v) is 1.41. The predicted octanol–water partition coefficient (Wildman–Crippen LogP) is 0.868. The molecule has 0 aliphatic heterocycles. The van der Waals surface area contributed by atoms with Gasteiger partial charge in [0, 0.05) is 0 Å². The molecule has 0 saturated carbocycles. The highest BCUT2D eigenvalue weighted by Gasteiger charge is 2.14. The summed E-state index contributed by atoms with van der Waals surface area (Å²) in [6, 6.07) is 5.21. The van der Waals surface area contributed by atoms with Crippen LogP contribution < -0.4 is 5.73 Å². The molecule has 0 spiro atoms. The van der Waals surface area contributed by atoms with Gasteiger partial charge in [-0.05, 0) is 30.5 Å². The molecule has 0 fully saturated rings. The molecule has 1 aromatic carbocycles. The van der Waals surface area contributed by atoms with Gasteiger partial charge in [-0.15, -0.1) is 0 Å². The first-order chi connectivity index (χ1) is 6.56. The van der Waals surface area contributed by atoms with E-state index in [1.807, 2.05) is 25.1 Å². The van der Waals surface area contributed by atoms with E-state index in [0.29, 0.717) is 0 Å². The van der Waals surface area contributed by atoms with E-state index in [0.717, 1.165) is 16.7 Å². The molecule has 1 aromatic rings. The molecule has 0 radical (unpaired) electrons. The number of aliphatic hydroxyl groups is 2. The van der Waals surface area contributed by atoms with Gasteiger partial charge in [0.25, 0.3) is 0 Å². The maximum atomic E-state index is 9.37. The summed E-state index contributed by atoms with van der Waals surface area (Å²) < 4.78 is 0. The molecular formula is C11H17NO2. The van der Waals surface area contributed by atoms with Gasteiger partial charge in [0.2, 0.25) is 0 Å². The minimum Gasteiger partial charge on any atom is -0.392 e. The highest BCUT2D eigenvalue weighted by Crippen LogP contribution is 2.20. The van der Waals surface area contributed by atoms with Gasteiger partial charge in [0.05, 0.1) is 18.8 Å². The van der Waals surface area contributed by atoms with Crippen LogP contribution in [0.4, 0.5) is 0 Å². The minimum atomic E-state index is -0.581. The molecule has 0 bridgehead atoms. The van der Waals surface area contributed by atoms with E-state index in [1.165, 1.54) is 0 Å². The number of aryl methyl sites for hydroxylation is 1. The van der Waals surface area contributed by atoms with Crippen LogP contribution >= 0.6 is 0 Å². The number of nitrogens with two attached hydrogens (primary N) is 1. The molecule has 0 amide bonds. The van der Waals surface area contributed by atoms with E-state index >= 15 is 0 Å². The van der Waals surface area contributed by atoms with Gasteiger partial charge in [-0.1, -0.05) is 18.2 Å². The van der Waals surface area contributed by atoms with E-state index in [1.54, 1.807) is 6.92 Å². The smallest absolute Gasteiger partial charge is 0.0704 e. The lowest BCUT2D eigenvalue weighted by Crippen LogP contribution is -2.24. The summed E-state index contributed by atoms with van der Waals surface area (Å²) in [5.74, 6) is 0. The number of hydrogen-bond acceptors (Lipinski definition) is 3. The van der Waals surface area contributed by atoms with Gasteiger partial charge in [0.1, 0.15) is 0 Å². The fraction of sp³-hybridized carbons (Fsp3) is 0.455. The highest BCUT2D eigenvalue weighted by molar-refractivity contribution is 5.33. The molecule has 3 heteroatoms. The Labute approximate surface area is 84.2 Å². The maximum Gasteiger partial charge on any atom is 0.0704 e. The second kappa shape index (κ2) is 4.55. The van der Waals surface area contributed by atoms with E-state index < -0.39 is 6.10 Å². The quantitative estimate of drug-likeness (QED) is 0.670. The standard InChI is InChI=1S/C11H17NO2/c1-7-3-4-9(6-13)5-10(7)11(12)8(2)14/h3-5,8,11,13-14H,6,12H2,1-2H3/t8?,11-/m1/s1. The average molecular weight is 195 g/mol. The maximum absolute atomic E-state index is 9.37. The van der Waals surface area contributed by atoms with Crippen LogP contribution in [0.2, 0.25) is 0 Å². The first kappa shape index (κ1) is 11.2. The monoisotopic (exact) mass is 195 g/mol. The summed E-state index contributed by atoms with van der Waals surface area (Å²) in [6.07, 6.45) is -0.581. The van der Waals surface area contributed by atoms with Crippen LogP contribution in [-0.4, -0.2) is 16.3 Å². The molecule has 4 N–H and O–H groups in total. The summed E-state index contributed by atoms with van der Waals surface area (Å²) in [5, 5.41) is 18.3. The van der Waals surface area contributed by atoms with Gasteiger partial charge in [0.15, 0.2) is 0 Å².